The van der Waals surface area contributed by atoms with Crippen molar-refractivity contribution in [2.75, 3.05) is 0 Å². The van der Waals surface area contributed by atoms with Gasteiger partial charge in [0.05, 0.1) is 5.41 Å². The standard InChI is InChI=1S/C39H30/c1-27-13-17-29(18-14-27)31-21-23-35-36-24-22-32(30-19-15-28(2)16-20-30)26-38(36)39(37(35)25-31,33-9-5-3-6-10-33)34-11-7-4-8-12-34/h3-26H,1-2H3. The van der Waals surface area contributed by atoms with Gasteiger partial charge in [-0.25, -0.2) is 0 Å². The minimum Gasteiger partial charge on any atom is -0.0622 e. The smallest absolute Gasteiger partial charge is 0.0622 e. The maximum Gasteiger partial charge on any atom is 0.0713 e. The Hall–Kier alpha value is -4.68. The van der Waals surface area contributed by atoms with Crippen LogP contribution < -0.4 is 0 Å². The van der Waals surface area contributed by atoms with Gasteiger partial charge in [0, 0.05) is 0 Å². The molecule has 0 nitrogen and oxygen atoms in total. The summed E-state index contributed by atoms with van der Waals surface area (Å²) >= 11 is 0. The van der Waals surface area contributed by atoms with Crippen LogP contribution in [-0.2, 0) is 5.41 Å². The Morgan fingerprint density at radius 2 is 0.718 bits per heavy atom. The number of hydrogen-bond donors (Lipinski definition) is 0. The van der Waals surface area contributed by atoms with Crippen LogP contribution in [0.15, 0.2) is 146 Å². The van der Waals surface area contributed by atoms with E-state index in [0.29, 0.717) is 0 Å². The molecule has 0 amide bonds. The molecule has 0 N–H and O–H groups in total. The molecule has 0 heterocycles. The second-order valence-corrected chi connectivity index (χ2v) is 10.7. The van der Waals surface area contributed by atoms with Gasteiger partial charge in [-0.2, -0.15) is 0 Å². The number of aryl methyl sites for hydroxylation is 2. The molecule has 0 aromatic heterocycles. The normalized spacial score (nSPS) is 13.1. The van der Waals surface area contributed by atoms with E-state index in [0.717, 1.165) is 0 Å². The van der Waals surface area contributed by atoms with E-state index in [-0.39, 0.29) is 0 Å². The molecule has 0 fully saturated rings. The fourth-order valence-corrected chi connectivity index (χ4v) is 6.34. The highest BCUT2D eigenvalue weighted by atomic mass is 14.5. The van der Waals surface area contributed by atoms with Crippen LogP contribution in [0.3, 0.4) is 0 Å². The Bertz CT molecular complexity index is 1640. The Kier molecular flexibility index (Phi) is 5.56. The molecule has 39 heavy (non-hydrogen) atoms. The highest BCUT2D eigenvalue weighted by Gasteiger charge is 2.46. The Morgan fingerprint density at radius 1 is 0.359 bits per heavy atom. The summed E-state index contributed by atoms with van der Waals surface area (Å²) in [6.45, 7) is 4.29. The molecule has 0 atom stereocenters. The van der Waals surface area contributed by atoms with Gasteiger partial charge in [-0.3, -0.25) is 0 Å². The van der Waals surface area contributed by atoms with Crippen molar-refractivity contribution < 1.29 is 0 Å². The predicted octanol–water partition coefficient (Wildman–Crippen LogP) is 10.0. The maximum atomic E-state index is 2.44. The lowest BCUT2D eigenvalue weighted by atomic mass is 9.67. The SMILES string of the molecule is Cc1ccc(-c2ccc3c(c2)C(c2ccccc2)(c2ccccc2)c2cc(-c4ccc(C)cc4)ccc2-3)cc1. The van der Waals surface area contributed by atoms with Crippen molar-refractivity contribution in [3.05, 3.63) is 179 Å². The zero-order chi connectivity index (χ0) is 26.4. The van der Waals surface area contributed by atoms with E-state index in [9.17, 15) is 0 Å². The van der Waals surface area contributed by atoms with Crippen LogP contribution >= 0.6 is 0 Å². The monoisotopic (exact) mass is 498 g/mol. The van der Waals surface area contributed by atoms with Crippen molar-refractivity contribution in [1.82, 2.24) is 0 Å². The van der Waals surface area contributed by atoms with Gasteiger partial charge in [-0.05, 0) is 81.6 Å². The number of rotatable bonds is 4. The van der Waals surface area contributed by atoms with Crippen LogP contribution in [0.5, 0.6) is 0 Å². The van der Waals surface area contributed by atoms with Crippen LogP contribution in [0, 0.1) is 13.8 Å². The molecule has 186 valence electrons. The fourth-order valence-electron chi connectivity index (χ4n) is 6.34. The summed E-state index contributed by atoms with van der Waals surface area (Å²) in [5.41, 5.74) is 15.0. The van der Waals surface area contributed by atoms with Gasteiger partial charge in [-0.1, -0.05) is 145 Å². The van der Waals surface area contributed by atoms with Crippen LogP contribution in [0.2, 0.25) is 0 Å². The first kappa shape index (κ1) is 23.4. The Labute approximate surface area is 231 Å². The third kappa shape index (κ3) is 3.75. The van der Waals surface area contributed by atoms with E-state index in [4.69, 9.17) is 0 Å². The van der Waals surface area contributed by atoms with E-state index < -0.39 is 5.41 Å². The van der Waals surface area contributed by atoms with Crippen molar-refractivity contribution in [1.29, 1.82) is 0 Å². The van der Waals surface area contributed by atoms with Crippen LogP contribution in [0.4, 0.5) is 0 Å². The summed E-state index contributed by atoms with van der Waals surface area (Å²) in [7, 11) is 0. The van der Waals surface area contributed by atoms with Gasteiger partial charge in [0.2, 0.25) is 0 Å². The fraction of sp³-hybridized carbons (Fsp3) is 0.0769. The summed E-state index contributed by atoms with van der Waals surface area (Å²) in [4.78, 5) is 0. The molecule has 1 aliphatic carbocycles. The predicted molar refractivity (Wildman–Crippen MR) is 164 cm³/mol. The maximum absolute atomic E-state index is 2.44. The van der Waals surface area contributed by atoms with Crippen LogP contribution in [0.1, 0.15) is 33.4 Å². The average Bonchev–Trinajstić information content (AvgIpc) is 3.28. The van der Waals surface area contributed by atoms with Gasteiger partial charge in [-0.15, -0.1) is 0 Å². The van der Waals surface area contributed by atoms with E-state index in [1.54, 1.807) is 0 Å². The highest BCUT2D eigenvalue weighted by molar-refractivity contribution is 5.90. The number of fused-ring (bicyclic) bond motifs is 3. The zero-order valence-corrected chi connectivity index (χ0v) is 22.4. The summed E-state index contributed by atoms with van der Waals surface area (Å²) in [6, 6.07) is 54.0. The topological polar surface area (TPSA) is 0 Å². The van der Waals surface area contributed by atoms with Gasteiger partial charge in [0.25, 0.3) is 0 Å². The number of hydrogen-bond acceptors (Lipinski definition) is 0. The molecule has 0 heteroatoms. The van der Waals surface area contributed by atoms with Gasteiger partial charge >= 0.3 is 0 Å². The number of benzene rings is 6. The summed E-state index contributed by atoms with van der Waals surface area (Å²) in [5, 5.41) is 0. The lowest BCUT2D eigenvalue weighted by molar-refractivity contribution is 0.769. The minimum absolute atomic E-state index is 0.422. The zero-order valence-electron chi connectivity index (χ0n) is 22.4. The largest absolute Gasteiger partial charge is 0.0713 e. The van der Waals surface area contributed by atoms with E-state index in [1.165, 1.54) is 66.8 Å². The molecule has 0 radical (unpaired) electrons. The lowest BCUT2D eigenvalue weighted by Gasteiger charge is -2.34. The molecule has 0 aliphatic heterocycles. The molecule has 0 bridgehead atoms. The van der Waals surface area contributed by atoms with Crippen molar-refractivity contribution in [2.24, 2.45) is 0 Å². The van der Waals surface area contributed by atoms with Crippen LogP contribution in [0.25, 0.3) is 33.4 Å². The quantitative estimate of drug-likeness (QED) is 0.226. The molecule has 6 aromatic rings. The lowest BCUT2D eigenvalue weighted by Crippen LogP contribution is -2.28. The summed E-state index contributed by atoms with van der Waals surface area (Å²) in [6.07, 6.45) is 0. The third-order valence-electron chi connectivity index (χ3n) is 8.32. The van der Waals surface area contributed by atoms with Gasteiger partial charge < -0.3 is 0 Å². The molecular weight excluding hydrogens is 468 g/mol. The highest BCUT2D eigenvalue weighted by Crippen LogP contribution is 2.57. The first-order chi connectivity index (χ1) is 19.1. The molecule has 0 unspecified atom stereocenters. The minimum atomic E-state index is -0.422. The Morgan fingerprint density at radius 3 is 1.10 bits per heavy atom. The summed E-state index contributed by atoms with van der Waals surface area (Å²) < 4.78 is 0. The van der Waals surface area contributed by atoms with Gasteiger partial charge in [0.1, 0.15) is 0 Å². The van der Waals surface area contributed by atoms with Crippen molar-refractivity contribution in [3.8, 4) is 33.4 Å². The second-order valence-electron chi connectivity index (χ2n) is 10.7. The summed E-state index contributed by atoms with van der Waals surface area (Å²) in [5.74, 6) is 0. The van der Waals surface area contributed by atoms with Crippen LogP contribution in [-0.4, -0.2) is 0 Å². The van der Waals surface area contributed by atoms with E-state index in [2.05, 4.69) is 159 Å². The van der Waals surface area contributed by atoms with E-state index in [1.807, 2.05) is 0 Å². The molecule has 0 saturated carbocycles. The first-order valence-electron chi connectivity index (χ1n) is 13.7. The van der Waals surface area contributed by atoms with Crippen molar-refractivity contribution >= 4 is 0 Å². The van der Waals surface area contributed by atoms with E-state index >= 15 is 0 Å². The molecule has 6 aromatic carbocycles. The molecule has 7 rings (SSSR count). The van der Waals surface area contributed by atoms with Gasteiger partial charge in [0.15, 0.2) is 0 Å². The average molecular weight is 499 g/mol. The Balaban J connectivity index is 1.56. The third-order valence-corrected chi connectivity index (χ3v) is 8.32. The molecule has 0 spiro atoms. The molecule has 0 saturated heterocycles. The molecular formula is C39H30. The first-order valence-corrected chi connectivity index (χ1v) is 13.7. The molecule has 1 aliphatic rings. The van der Waals surface area contributed by atoms with Crippen molar-refractivity contribution in [3.63, 3.8) is 0 Å². The second kappa shape index (κ2) is 9.26. The van der Waals surface area contributed by atoms with Crippen molar-refractivity contribution in [2.45, 2.75) is 19.3 Å².